The van der Waals surface area contributed by atoms with Crippen LogP contribution in [0.25, 0.3) is 0 Å². The van der Waals surface area contributed by atoms with E-state index in [9.17, 15) is 20.1 Å². The Morgan fingerprint density at radius 1 is 0.968 bits per heavy atom. The van der Waals surface area contributed by atoms with E-state index in [1.807, 2.05) is 57.2 Å². The van der Waals surface area contributed by atoms with Crippen LogP contribution in [0.5, 0.6) is 0 Å². The molecule has 0 radical (unpaired) electrons. The smallest absolute Gasteiger partial charge is 0.196 e. The zero-order valence-electron chi connectivity index (χ0n) is 17.8. The molecule has 0 aliphatic heterocycles. The lowest BCUT2D eigenvalue weighted by Crippen LogP contribution is -2.53. The summed E-state index contributed by atoms with van der Waals surface area (Å²) in [5.74, 6) is 6.01. The van der Waals surface area contributed by atoms with Crippen molar-refractivity contribution in [3.63, 3.8) is 0 Å². The molecule has 0 bridgehead atoms. The molecule has 3 aliphatic rings. The van der Waals surface area contributed by atoms with E-state index in [0.717, 1.165) is 11.1 Å². The number of nitriles is 2. The number of benzene rings is 1. The van der Waals surface area contributed by atoms with E-state index in [0.29, 0.717) is 12.8 Å². The fraction of sp³-hybridized carbons (Fsp3) is 0.333. The SMILES string of the molecule is CC1(C)C(=O)C(C#N)=C[C@]2(C)C3=CC(=O)C(C#N)=C[C@]3(C#Cc3ccccc3)CCC12. The predicted octanol–water partition coefficient (Wildman–Crippen LogP) is 4.46. The second-order valence-electron chi connectivity index (χ2n) is 9.27. The zero-order valence-corrected chi connectivity index (χ0v) is 17.8. The molecule has 0 saturated heterocycles. The summed E-state index contributed by atoms with van der Waals surface area (Å²) in [5, 5.41) is 19.2. The first-order chi connectivity index (χ1) is 14.7. The van der Waals surface area contributed by atoms with Gasteiger partial charge in [0.1, 0.15) is 12.1 Å². The van der Waals surface area contributed by atoms with E-state index in [4.69, 9.17) is 0 Å². The Morgan fingerprint density at radius 2 is 1.65 bits per heavy atom. The van der Waals surface area contributed by atoms with Crippen molar-refractivity contribution in [2.75, 3.05) is 0 Å². The minimum atomic E-state index is -0.798. The van der Waals surface area contributed by atoms with Crippen molar-refractivity contribution in [1.29, 1.82) is 10.5 Å². The van der Waals surface area contributed by atoms with E-state index in [2.05, 4.69) is 17.9 Å². The molecule has 4 heteroatoms. The molecule has 31 heavy (non-hydrogen) atoms. The number of rotatable bonds is 0. The molecule has 0 heterocycles. The number of allylic oxidation sites excluding steroid dienone is 6. The summed E-state index contributed by atoms with van der Waals surface area (Å²) in [5.41, 5.74) is -0.400. The summed E-state index contributed by atoms with van der Waals surface area (Å²) in [7, 11) is 0. The van der Waals surface area contributed by atoms with Crippen LogP contribution in [0, 0.1) is 56.7 Å². The van der Waals surface area contributed by atoms with Gasteiger partial charge in [0.25, 0.3) is 0 Å². The van der Waals surface area contributed by atoms with Crippen LogP contribution in [-0.2, 0) is 9.59 Å². The lowest BCUT2D eigenvalue weighted by Gasteiger charge is -2.56. The van der Waals surface area contributed by atoms with Crippen molar-refractivity contribution in [3.05, 3.63) is 70.8 Å². The molecule has 1 unspecified atom stereocenters. The van der Waals surface area contributed by atoms with Crippen LogP contribution in [0.2, 0.25) is 0 Å². The Bertz CT molecular complexity index is 1240. The van der Waals surface area contributed by atoms with E-state index in [1.54, 1.807) is 12.2 Å². The van der Waals surface area contributed by atoms with Crippen molar-refractivity contribution in [1.82, 2.24) is 0 Å². The predicted molar refractivity (Wildman–Crippen MR) is 116 cm³/mol. The number of hydrogen-bond donors (Lipinski definition) is 0. The number of fused-ring (bicyclic) bond motifs is 3. The summed E-state index contributed by atoms with van der Waals surface area (Å²) in [6.07, 6.45) is 6.25. The summed E-state index contributed by atoms with van der Waals surface area (Å²) in [6.45, 7) is 5.76. The summed E-state index contributed by atoms with van der Waals surface area (Å²) in [4.78, 5) is 25.7. The molecule has 4 rings (SSSR count). The minimum Gasteiger partial charge on any atom is -0.293 e. The zero-order chi connectivity index (χ0) is 22.4. The van der Waals surface area contributed by atoms with E-state index in [-0.39, 0.29) is 28.6 Å². The number of hydrogen-bond acceptors (Lipinski definition) is 4. The van der Waals surface area contributed by atoms with E-state index >= 15 is 0 Å². The monoisotopic (exact) mass is 406 g/mol. The molecule has 0 spiro atoms. The van der Waals surface area contributed by atoms with Gasteiger partial charge in [0, 0.05) is 16.4 Å². The maximum absolute atomic E-state index is 12.9. The standard InChI is InChI=1S/C27H22N2O2/c1-25(2)22-10-12-27(11-9-18-7-5-4-6-8-18)15-19(16-28)21(30)13-23(27)26(22,3)14-20(17-29)24(25)31/h4-8,13-15,22H,10,12H2,1-3H3/t22?,26-,27-/m0/s1. The second-order valence-corrected chi connectivity index (χ2v) is 9.27. The molecule has 3 aliphatic carbocycles. The molecular weight excluding hydrogens is 384 g/mol. The van der Waals surface area contributed by atoms with Gasteiger partial charge in [0.2, 0.25) is 0 Å². The molecule has 1 saturated carbocycles. The molecule has 4 nitrogen and oxygen atoms in total. The van der Waals surface area contributed by atoms with Gasteiger partial charge in [-0.25, -0.2) is 0 Å². The number of ketones is 2. The molecule has 1 aromatic rings. The largest absolute Gasteiger partial charge is 0.293 e. The Morgan fingerprint density at radius 3 is 2.29 bits per heavy atom. The first-order valence-corrected chi connectivity index (χ1v) is 10.3. The fourth-order valence-electron chi connectivity index (χ4n) is 5.64. The summed E-state index contributed by atoms with van der Waals surface area (Å²) in [6, 6.07) is 13.7. The van der Waals surface area contributed by atoms with Crippen molar-refractivity contribution in [2.24, 2.45) is 22.2 Å². The van der Waals surface area contributed by atoms with Gasteiger partial charge < -0.3 is 0 Å². The first-order valence-electron chi connectivity index (χ1n) is 10.3. The van der Waals surface area contributed by atoms with Gasteiger partial charge in [-0.3, -0.25) is 9.59 Å². The topological polar surface area (TPSA) is 81.7 Å². The quantitative estimate of drug-likeness (QED) is 0.596. The van der Waals surface area contributed by atoms with Crippen LogP contribution in [0.4, 0.5) is 0 Å². The highest BCUT2D eigenvalue weighted by Crippen LogP contribution is 2.63. The number of Topliss-reactive ketones (excluding diaryl/α,β-unsaturated/α-hetero) is 1. The third-order valence-electron chi connectivity index (χ3n) is 7.13. The third kappa shape index (κ3) is 2.98. The molecule has 0 N–H and O–H groups in total. The van der Waals surface area contributed by atoms with Crippen LogP contribution in [0.1, 0.15) is 39.2 Å². The number of carbonyl (C=O) groups excluding carboxylic acids is 2. The normalized spacial score (nSPS) is 30.7. The van der Waals surface area contributed by atoms with Gasteiger partial charge in [0.15, 0.2) is 11.6 Å². The Balaban J connectivity index is 1.96. The summed E-state index contributed by atoms with van der Waals surface area (Å²) >= 11 is 0. The molecule has 0 amide bonds. The molecular formula is C27H22N2O2. The highest BCUT2D eigenvalue weighted by atomic mass is 16.1. The van der Waals surface area contributed by atoms with Crippen LogP contribution in [0.15, 0.2) is 65.3 Å². The van der Waals surface area contributed by atoms with Crippen molar-refractivity contribution < 1.29 is 9.59 Å². The van der Waals surface area contributed by atoms with Gasteiger partial charge >= 0.3 is 0 Å². The van der Waals surface area contributed by atoms with Crippen molar-refractivity contribution >= 4 is 11.6 Å². The van der Waals surface area contributed by atoms with Crippen molar-refractivity contribution in [3.8, 4) is 24.0 Å². The third-order valence-corrected chi connectivity index (χ3v) is 7.13. The maximum Gasteiger partial charge on any atom is 0.196 e. The van der Waals surface area contributed by atoms with Gasteiger partial charge in [-0.1, -0.05) is 56.9 Å². The lowest BCUT2D eigenvalue weighted by molar-refractivity contribution is -0.130. The molecule has 3 atom stereocenters. The van der Waals surface area contributed by atoms with Gasteiger partial charge in [-0.15, -0.1) is 0 Å². The second kappa shape index (κ2) is 6.94. The van der Waals surface area contributed by atoms with Gasteiger partial charge in [0.05, 0.1) is 16.6 Å². The number of nitrogens with zero attached hydrogens (tertiary/aromatic N) is 2. The van der Waals surface area contributed by atoms with E-state index in [1.165, 1.54) is 6.08 Å². The van der Waals surface area contributed by atoms with Crippen LogP contribution < -0.4 is 0 Å². The Labute approximate surface area is 182 Å². The van der Waals surface area contributed by atoms with Gasteiger partial charge in [-0.2, -0.15) is 10.5 Å². The first kappa shape index (κ1) is 20.6. The van der Waals surface area contributed by atoms with Crippen LogP contribution >= 0.6 is 0 Å². The fourth-order valence-corrected chi connectivity index (χ4v) is 5.64. The Hall–Kier alpha value is -3.68. The van der Waals surface area contributed by atoms with E-state index < -0.39 is 16.2 Å². The molecule has 1 fully saturated rings. The van der Waals surface area contributed by atoms with Gasteiger partial charge in [-0.05, 0) is 48.6 Å². The highest BCUT2D eigenvalue weighted by molar-refractivity contribution is 6.09. The maximum atomic E-state index is 12.9. The lowest BCUT2D eigenvalue weighted by atomic mass is 9.45. The van der Waals surface area contributed by atoms with Crippen LogP contribution in [0.3, 0.4) is 0 Å². The Kier molecular flexibility index (Phi) is 4.61. The molecule has 1 aromatic carbocycles. The van der Waals surface area contributed by atoms with Crippen molar-refractivity contribution in [2.45, 2.75) is 33.6 Å². The van der Waals surface area contributed by atoms with Crippen LogP contribution in [-0.4, -0.2) is 11.6 Å². The minimum absolute atomic E-state index is 0.0765. The number of carbonyl (C=O) groups is 2. The summed E-state index contributed by atoms with van der Waals surface area (Å²) < 4.78 is 0. The highest BCUT2D eigenvalue weighted by Gasteiger charge is 2.59. The molecule has 152 valence electrons. The molecule has 0 aromatic heterocycles. The average molecular weight is 406 g/mol. The average Bonchev–Trinajstić information content (AvgIpc) is 2.76.